The molecule has 0 aliphatic heterocycles. The molecule has 1 atom stereocenters. The van der Waals surface area contributed by atoms with Gasteiger partial charge in [0.2, 0.25) is 0 Å². The fourth-order valence-electron chi connectivity index (χ4n) is 3.01. The van der Waals surface area contributed by atoms with Gasteiger partial charge in [-0.05, 0) is 30.5 Å². The molecule has 0 saturated heterocycles. The van der Waals surface area contributed by atoms with E-state index < -0.39 is 29.2 Å². The molecule has 1 aliphatic carbocycles. The first-order valence-electron chi connectivity index (χ1n) is 6.43. The average molecular weight is 287 g/mol. The van der Waals surface area contributed by atoms with E-state index in [2.05, 4.69) is 0 Å². The highest BCUT2D eigenvalue weighted by molar-refractivity contribution is 5.76. The molecule has 0 radical (unpaired) electrons. The smallest absolute Gasteiger partial charge is 0.416 e. The van der Waals surface area contributed by atoms with Crippen molar-refractivity contribution in [1.29, 1.82) is 0 Å². The number of aliphatic carboxylic acids is 1. The fourth-order valence-corrected chi connectivity index (χ4v) is 3.01. The highest BCUT2D eigenvalue weighted by atomic mass is 19.4. The van der Waals surface area contributed by atoms with Crippen LogP contribution in [0.4, 0.5) is 13.2 Å². The second-order valence-corrected chi connectivity index (χ2v) is 5.25. The van der Waals surface area contributed by atoms with Crippen LogP contribution in [-0.4, -0.2) is 17.1 Å². The molecule has 1 fully saturated rings. The van der Waals surface area contributed by atoms with Crippen LogP contribution in [0.2, 0.25) is 0 Å². The maximum Gasteiger partial charge on any atom is 0.416 e. The van der Waals surface area contributed by atoms with E-state index in [-0.39, 0.29) is 0 Å². The highest BCUT2D eigenvalue weighted by Gasteiger charge is 2.44. The summed E-state index contributed by atoms with van der Waals surface area (Å²) in [6.45, 7) is 0. The van der Waals surface area contributed by atoms with E-state index in [1.807, 2.05) is 0 Å². The van der Waals surface area contributed by atoms with Gasteiger partial charge in [-0.2, -0.15) is 13.2 Å². The maximum atomic E-state index is 12.6. The quantitative estimate of drug-likeness (QED) is 0.898. The van der Waals surface area contributed by atoms with Gasteiger partial charge in [0.15, 0.2) is 0 Å². The Bertz CT molecular complexity index is 490. The summed E-state index contributed by atoms with van der Waals surface area (Å²) < 4.78 is 37.7. The van der Waals surface area contributed by atoms with Gasteiger partial charge in [-0.1, -0.05) is 25.0 Å². The van der Waals surface area contributed by atoms with E-state index in [4.69, 9.17) is 10.8 Å². The summed E-state index contributed by atoms with van der Waals surface area (Å²) >= 11 is 0. The topological polar surface area (TPSA) is 63.3 Å². The van der Waals surface area contributed by atoms with Crippen molar-refractivity contribution in [2.75, 3.05) is 0 Å². The lowest BCUT2D eigenvalue weighted by atomic mass is 9.73. The Morgan fingerprint density at radius 3 is 2.10 bits per heavy atom. The van der Waals surface area contributed by atoms with Crippen molar-refractivity contribution < 1.29 is 23.1 Å². The van der Waals surface area contributed by atoms with Crippen LogP contribution in [0, 0.1) is 0 Å². The molecule has 1 aliphatic rings. The molecular formula is C14H16F3NO2. The van der Waals surface area contributed by atoms with Crippen molar-refractivity contribution in [2.24, 2.45) is 5.73 Å². The molecule has 0 bridgehead atoms. The van der Waals surface area contributed by atoms with E-state index in [0.717, 1.165) is 25.0 Å². The number of rotatable bonds is 3. The summed E-state index contributed by atoms with van der Waals surface area (Å²) in [6, 6.07) is 3.60. The zero-order chi connectivity index (χ0) is 15.0. The standard InChI is InChI=1S/C14H16F3NO2/c15-14(16,17)10-5-3-9(4-6-10)13(7-1-2-8-13)11(18)12(19)20/h3-6,11H,1-2,7-8,18H2,(H,19,20). The van der Waals surface area contributed by atoms with Crippen LogP contribution in [0.3, 0.4) is 0 Å². The van der Waals surface area contributed by atoms with Crippen LogP contribution in [0.15, 0.2) is 24.3 Å². The first-order chi connectivity index (χ1) is 9.27. The van der Waals surface area contributed by atoms with Gasteiger partial charge in [0.05, 0.1) is 5.56 Å². The fraction of sp³-hybridized carbons (Fsp3) is 0.500. The number of carboxylic acids is 1. The molecule has 0 amide bonds. The van der Waals surface area contributed by atoms with Gasteiger partial charge in [0.1, 0.15) is 6.04 Å². The minimum atomic E-state index is -4.39. The summed E-state index contributed by atoms with van der Waals surface area (Å²) in [5.74, 6) is -1.12. The van der Waals surface area contributed by atoms with Crippen molar-refractivity contribution in [1.82, 2.24) is 0 Å². The predicted octanol–water partition coefficient (Wildman–Crippen LogP) is 2.93. The second-order valence-electron chi connectivity index (χ2n) is 5.25. The Morgan fingerprint density at radius 1 is 1.20 bits per heavy atom. The van der Waals surface area contributed by atoms with Crippen molar-refractivity contribution in [3.8, 4) is 0 Å². The van der Waals surface area contributed by atoms with Crippen LogP contribution in [-0.2, 0) is 16.4 Å². The number of hydrogen-bond acceptors (Lipinski definition) is 2. The van der Waals surface area contributed by atoms with Gasteiger partial charge in [0, 0.05) is 5.41 Å². The lowest BCUT2D eigenvalue weighted by Crippen LogP contribution is -2.49. The Morgan fingerprint density at radius 2 is 1.70 bits per heavy atom. The summed E-state index contributed by atoms with van der Waals surface area (Å²) in [6.07, 6.45) is -1.54. The van der Waals surface area contributed by atoms with Crippen LogP contribution in [0.25, 0.3) is 0 Å². The van der Waals surface area contributed by atoms with Gasteiger partial charge in [0.25, 0.3) is 0 Å². The Balaban J connectivity index is 2.38. The Kier molecular flexibility index (Phi) is 3.77. The number of halogens is 3. The highest BCUT2D eigenvalue weighted by Crippen LogP contribution is 2.44. The number of hydrogen-bond donors (Lipinski definition) is 2. The second kappa shape index (κ2) is 5.09. The molecular weight excluding hydrogens is 271 g/mol. The molecule has 1 unspecified atom stereocenters. The number of carbonyl (C=O) groups is 1. The van der Waals surface area contributed by atoms with E-state index >= 15 is 0 Å². The first-order valence-corrected chi connectivity index (χ1v) is 6.43. The molecule has 1 aromatic rings. The number of alkyl halides is 3. The lowest BCUT2D eigenvalue weighted by Gasteiger charge is -2.33. The normalized spacial score (nSPS) is 19.8. The summed E-state index contributed by atoms with van der Waals surface area (Å²) in [5.41, 5.74) is 4.88. The summed E-state index contributed by atoms with van der Waals surface area (Å²) in [4.78, 5) is 11.2. The van der Waals surface area contributed by atoms with Gasteiger partial charge in [-0.15, -0.1) is 0 Å². The SMILES string of the molecule is NC(C(=O)O)C1(c2ccc(C(F)(F)F)cc2)CCCC1. The average Bonchev–Trinajstić information content (AvgIpc) is 2.87. The monoisotopic (exact) mass is 287 g/mol. The van der Waals surface area contributed by atoms with E-state index in [9.17, 15) is 18.0 Å². The number of nitrogens with two attached hydrogens (primary N) is 1. The van der Waals surface area contributed by atoms with E-state index in [0.29, 0.717) is 18.4 Å². The molecule has 6 heteroatoms. The van der Waals surface area contributed by atoms with E-state index in [1.165, 1.54) is 12.1 Å². The molecule has 3 nitrogen and oxygen atoms in total. The van der Waals surface area contributed by atoms with Crippen LogP contribution in [0.5, 0.6) is 0 Å². The number of benzene rings is 1. The zero-order valence-corrected chi connectivity index (χ0v) is 10.8. The van der Waals surface area contributed by atoms with Gasteiger partial charge >= 0.3 is 12.1 Å². The molecule has 20 heavy (non-hydrogen) atoms. The minimum absolute atomic E-state index is 0.581. The molecule has 0 aromatic heterocycles. The van der Waals surface area contributed by atoms with E-state index in [1.54, 1.807) is 0 Å². The Hall–Kier alpha value is -1.56. The van der Waals surface area contributed by atoms with Gasteiger partial charge in [-0.3, -0.25) is 4.79 Å². The first kappa shape index (κ1) is 14.8. The van der Waals surface area contributed by atoms with Crippen LogP contribution in [0.1, 0.15) is 36.8 Å². The van der Waals surface area contributed by atoms with Crippen molar-refractivity contribution in [3.05, 3.63) is 35.4 Å². The maximum absolute atomic E-state index is 12.6. The van der Waals surface area contributed by atoms with Crippen molar-refractivity contribution in [2.45, 2.75) is 43.3 Å². The molecule has 3 N–H and O–H groups in total. The van der Waals surface area contributed by atoms with Crippen LogP contribution < -0.4 is 5.73 Å². The van der Waals surface area contributed by atoms with Crippen LogP contribution >= 0.6 is 0 Å². The minimum Gasteiger partial charge on any atom is -0.480 e. The molecule has 0 spiro atoms. The van der Waals surface area contributed by atoms with Crippen molar-refractivity contribution >= 4 is 5.97 Å². The molecule has 1 saturated carbocycles. The molecule has 1 aromatic carbocycles. The largest absolute Gasteiger partial charge is 0.480 e. The Labute approximate surface area is 114 Å². The molecule has 110 valence electrons. The van der Waals surface area contributed by atoms with Gasteiger partial charge in [-0.25, -0.2) is 0 Å². The molecule has 0 heterocycles. The third-order valence-corrected chi connectivity index (χ3v) is 4.14. The third-order valence-electron chi connectivity index (χ3n) is 4.14. The van der Waals surface area contributed by atoms with Gasteiger partial charge < -0.3 is 10.8 Å². The zero-order valence-electron chi connectivity index (χ0n) is 10.8. The predicted molar refractivity (Wildman–Crippen MR) is 67.2 cm³/mol. The lowest BCUT2D eigenvalue weighted by molar-refractivity contribution is -0.140. The van der Waals surface area contributed by atoms with Crippen molar-refractivity contribution in [3.63, 3.8) is 0 Å². The third kappa shape index (κ3) is 2.52. The number of carboxylic acid groups (broad SMARTS) is 1. The summed E-state index contributed by atoms with van der Waals surface area (Å²) in [5, 5.41) is 9.15. The molecule has 2 rings (SSSR count). The summed E-state index contributed by atoms with van der Waals surface area (Å²) in [7, 11) is 0.